The van der Waals surface area contributed by atoms with Gasteiger partial charge in [0.15, 0.2) is 16.9 Å². The zero-order valence-electron chi connectivity index (χ0n) is 18.2. The summed E-state index contributed by atoms with van der Waals surface area (Å²) < 4.78 is 11.9. The zero-order valence-corrected chi connectivity index (χ0v) is 21.4. The van der Waals surface area contributed by atoms with E-state index < -0.39 is 0 Å². The molecule has 9 heteroatoms. The minimum atomic E-state index is -0.338. The van der Waals surface area contributed by atoms with E-state index in [-0.39, 0.29) is 17.6 Å². The van der Waals surface area contributed by atoms with Crippen LogP contribution in [-0.4, -0.2) is 29.7 Å². The van der Waals surface area contributed by atoms with Crippen LogP contribution in [0.3, 0.4) is 0 Å². The smallest absolute Gasteiger partial charge is 0.264 e. The molecular formula is C23H24BrN3O3S2. The van der Waals surface area contributed by atoms with Gasteiger partial charge in [-0.1, -0.05) is 26.0 Å². The summed E-state index contributed by atoms with van der Waals surface area (Å²) in [4.78, 5) is 16.8. The lowest BCUT2D eigenvalue weighted by molar-refractivity contribution is -0.121. The van der Waals surface area contributed by atoms with Gasteiger partial charge in [0, 0.05) is 10.9 Å². The standard InChI is InChI=1S/C23H24BrN3O3S2/c1-13(2)16-7-5-14(3)9-20(16)30-11-21(28)26-22(31)27-23-25-18(12-32-23)15-6-8-19(29-4)17(24)10-15/h5-10,12-13H,11H2,1-4H3,(H2,25,26,27,28,31). The molecule has 1 heterocycles. The number of aryl methyl sites for hydroxylation is 1. The maximum Gasteiger partial charge on any atom is 0.264 e. The molecule has 2 aromatic carbocycles. The van der Waals surface area contributed by atoms with Crippen molar-refractivity contribution in [1.29, 1.82) is 0 Å². The van der Waals surface area contributed by atoms with Crippen LogP contribution >= 0.6 is 39.5 Å². The average molecular weight is 535 g/mol. The number of rotatable bonds is 7. The fourth-order valence-electron chi connectivity index (χ4n) is 2.97. The quantitative estimate of drug-likeness (QED) is 0.368. The molecule has 0 atom stereocenters. The molecule has 1 aromatic heterocycles. The minimum Gasteiger partial charge on any atom is -0.496 e. The number of nitrogens with one attached hydrogen (secondary N) is 2. The second-order valence-corrected chi connectivity index (χ2v) is 9.49. The van der Waals surface area contributed by atoms with Gasteiger partial charge >= 0.3 is 0 Å². The maximum absolute atomic E-state index is 12.3. The Bertz CT molecular complexity index is 1130. The average Bonchev–Trinajstić information content (AvgIpc) is 3.20. The first-order valence-corrected chi connectivity index (χ1v) is 12.0. The lowest BCUT2D eigenvalue weighted by atomic mass is 10.0. The van der Waals surface area contributed by atoms with Crippen LogP contribution in [0.4, 0.5) is 5.13 Å². The number of anilines is 1. The van der Waals surface area contributed by atoms with Gasteiger partial charge in [0.1, 0.15) is 11.5 Å². The predicted molar refractivity (Wildman–Crippen MR) is 137 cm³/mol. The van der Waals surface area contributed by atoms with E-state index in [1.54, 1.807) is 7.11 Å². The molecule has 0 radical (unpaired) electrons. The van der Waals surface area contributed by atoms with Crippen molar-refractivity contribution < 1.29 is 14.3 Å². The Morgan fingerprint density at radius 3 is 2.69 bits per heavy atom. The van der Waals surface area contributed by atoms with E-state index in [9.17, 15) is 4.79 Å². The highest BCUT2D eigenvalue weighted by atomic mass is 79.9. The van der Waals surface area contributed by atoms with Crippen molar-refractivity contribution in [1.82, 2.24) is 10.3 Å². The third-order valence-electron chi connectivity index (χ3n) is 4.57. The molecule has 0 aliphatic carbocycles. The zero-order chi connectivity index (χ0) is 23.3. The number of carbonyl (C=O) groups is 1. The van der Waals surface area contributed by atoms with Gasteiger partial charge in [0.2, 0.25) is 0 Å². The second kappa shape index (κ2) is 10.9. The van der Waals surface area contributed by atoms with Crippen molar-refractivity contribution in [3.63, 3.8) is 0 Å². The molecule has 3 aromatic rings. The van der Waals surface area contributed by atoms with E-state index in [0.29, 0.717) is 16.8 Å². The summed E-state index contributed by atoms with van der Waals surface area (Å²) in [6.45, 7) is 6.03. The number of carbonyl (C=O) groups excluding carboxylic acids is 1. The second-order valence-electron chi connectivity index (χ2n) is 7.37. The van der Waals surface area contributed by atoms with Crippen LogP contribution < -0.4 is 20.1 Å². The van der Waals surface area contributed by atoms with Crippen LogP contribution in [0.5, 0.6) is 11.5 Å². The molecule has 3 rings (SSSR count). The van der Waals surface area contributed by atoms with Crippen molar-refractivity contribution >= 4 is 55.6 Å². The van der Waals surface area contributed by atoms with Gasteiger partial charge in [-0.3, -0.25) is 10.1 Å². The lowest BCUT2D eigenvalue weighted by Gasteiger charge is -2.15. The molecule has 2 N–H and O–H groups in total. The first-order valence-electron chi connectivity index (χ1n) is 9.90. The van der Waals surface area contributed by atoms with Gasteiger partial charge in [0.05, 0.1) is 17.3 Å². The number of nitrogens with zero attached hydrogens (tertiary/aromatic N) is 1. The summed E-state index contributed by atoms with van der Waals surface area (Å²) in [5, 5.41) is 8.25. The molecule has 0 unspecified atom stereocenters. The number of halogens is 1. The van der Waals surface area contributed by atoms with Gasteiger partial charge in [-0.15, -0.1) is 11.3 Å². The Morgan fingerprint density at radius 1 is 1.22 bits per heavy atom. The van der Waals surface area contributed by atoms with E-state index >= 15 is 0 Å². The molecule has 168 valence electrons. The first-order chi connectivity index (χ1) is 15.3. The molecule has 0 fully saturated rings. The van der Waals surface area contributed by atoms with Crippen LogP contribution in [0.25, 0.3) is 11.3 Å². The number of ether oxygens (including phenoxy) is 2. The van der Waals surface area contributed by atoms with Crippen LogP contribution in [0.1, 0.15) is 30.9 Å². The Labute approximate surface area is 205 Å². The highest BCUT2D eigenvalue weighted by molar-refractivity contribution is 9.10. The van der Waals surface area contributed by atoms with Crippen molar-refractivity contribution in [2.45, 2.75) is 26.7 Å². The van der Waals surface area contributed by atoms with Crippen molar-refractivity contribution in [3.05, 3.63) is 57.4 Å². The highest BCUT2D eigenvalue weighted by Crippen LogP contribution is 2.32. The largest absolute Gasteiger partial charge is 0.496 e. The van der Waals surface area contributed by atoms with E-state index in [1.807, 2.05) is 48.7 Å². The summed E-state index contributed by atoms with van der Waals surface area (Å²) in [6, 6.07) is 11.7. The van der Waals surface area contributed by atoms with Gasteiger partial charge < -0.3 is 14.8 Å². The predicted octanol–water partition coefficient (Wildman–Crippen LogP) is 5.91. The summed E-state index contributed by atoms with van der Waals surface area (Å²) in [7, 11) is 1.62. The normalized spacial score (nSPS) is 10.7. The molecule has 0 bridgehead atoms. The van der Waals surface area contributed by atoms with Crippen LogP contribution in [0.2, 0.25) is 0 Å². The molecule has 0 aliphatic heterocycles. The van der Waals surface area contributed by atoms with Crippen molar-refractivity contribution in [2.24, 2.45) is 0 Å². The fraction of sp³-hybridized carbons (Fsp3) is 0.261. The summed E-state index contributed by atoms with van der Waals surface area (Å²) >= 11 is 10.1. The number of thiazole rings is 1. The van der Waals surface area contributed by atoms with Crippen molar-refractivity contribution in [3.8, 4) is 22.8 Å². The first kappa shape index (κ1) is 24.2. The van der Waals surface area contributed by atoms with Crippen molar-refractivity contribution in [2.75, 3.05) is 19.0 Å². The van der Waals surface area contributed by atoms with Gasteiger partial charge in [-0.05, 0) is 76.4 Å². The number of aromatic nitrogens is 1. The Kier molecular flexibility index (Phi) is 8.22. The van der Waals surface area contributed by atoms with Gasteiger partial charge in [-0.25, -0.2) is 4.98 Å². The maximum atomic E-state index is 12.3. The monoisotopic (exact) mass is 533 g/mol. The van der Waals surface area contributed by atoms with Crippen LogP contribution in [0, 0.1) is 6.92 Å². The number of thiocarbonyl (C=S) groups is 1. The third kappa shape index (κ3) is 6.27. The third-order valence-corrected chi connectivity index (χ3v) is 6.16. The molecule has 32 heavy (non-hydrogen) atoms. The summed E-state index contributed by atoms with van der Waals surface area (Å²) in [5.74, 6) is 1.42. The van der Waals surface area contributed by atoms with E-state index in [1.165, 1.54) is 11.3 Å². The Hall–Kier alpha value is -2.49. The highest BCUT2D eigenvalue weighted by Gasteiger charge is 2.13. The molecule has 0 spiro atoms. The molecular weight excluding hydrogens is 510 g/mol. The molecule has 0 saturated heterocycles. The fourth-order valence-corrected chi connectivity index (χ4v) is 4.51. The topological polar surface area (TPSA) is 72.5 Å². The number of hydrogen-bond acceptors (Lipinski definition) is 6. The number of methoxy groups -OCH3 is 1. The molecule has 0 saturated carbocycles. The number of amides is 1. The van der Waals surface area contributed by atoms with Crippen LogP contribution in [0.15, 0.2) is 46.3 Å². The SMILES string of the molecule is COc1ccc(-c2csc(NC(=S)NC(=O)COc3cc(C)ccc3C(C)C)n2)cc1Br. The Balaban J connectivity index is 1.56. The molecule has 6 nitrogen and oxygen atoms in total. The summed E-state index contributed by atoms with van der Waals surface area (Å²) in [6.07, 6.45) is 0. The Morgan fingerprint density at radius 2 is 2.00 bits per heavy atom. The van der Waals surface area contributed by atoms with E-state index in [0.717, 1.165) is 32.6 Å². The lowest BCUT2D eigenvalue weighted by Crippen LogP contribution is -2.37. The van der Waals surface area contributed by atoms with E-state index in [2.05, 4.69) is 45.4 Å². The molecule has 1 amide bonds. The van der Waals surface area contributed by atoms with Crippen LogP contribution in [-0.2, 0) is 4.79 Å². The summed E-state index contributed by atoms with van der Waals surface area (Å²) in [5.41, 5.74) is 3.86. The van der Waals surface area contributed by atoms with Gasteiger partial charge in [0.25, 0.3) is 5.91 Å². The number of hydrogen-bond donors (Lipinski definition) is 2. The van der Waals surface area contributed by atoms with E-state index in [4.69, 9.17) is 21.7 Å². The number of benzene rings is 2. The molecule has 0 aliphatic rings. The minimum absolute atomic E-state index is 0.131. The van der Waals surface area contributed by atoms with Gasteiger partial charge in [-0.2, -0.15) is 0 Å².